The van der Waals surface area contributed by atoms with Crippen LogP contribution in [-0.4, -0.2) is 32.8 Å². The third kappa shape index (κ3) is 5.52. The highest BCUT2D eigenvalue weighted by Gasteiger charge is 2.13. The lowest BCUT2D eigenvalue weighted by molar-refractivity contribution is 0.102. The summed E-state index contributed by atoms with van der Waals surface area (Å²) in [5, 5.41) is 3.23. The third-order valence-corrected chi connectivity index (χ3v) is 3.53. The van der Waals surface area contributed by atoms with Crippen molar-refractivity contribution < 1.29 is 19.0 Å². The standard InChI is InChI=1S/C19H20ClNO4/c1-3-11-24-15-9-7-14(8-10-15)19(22)21-17-6-4-5-16(20)18(17)25-13-12-23-2/h3-10H,1,11-13H2,2H3,(H,21,22). The van der Waals surface area contributed by atoms with E-state index < -0.39 is 0 Å². The minimum absolute atomic E-state index is 0.269. The van der Waals surface area contributed by atoms with Gasteiger partial charge in [0.1, 0.15) is 19.0 Å². The molecule has 0 bridgehead atoms. The van der Waals surface area contributed by atoms with Crippen molar-refractivity contribution in [3.63, 3.8) is 0 Å². The first kappa shape index (κ1) is 18.8. The lowest BCUT2D eigenvalue weighted by atomic mass is 10.2. The molecule has 0 aliphatic heterocycles. The van der Waals surface area contributed by atoms with Crippen molar-refractivity contribution in [1.82, 2.24) is 0 Å². The van der Waals surface area contributed by atoms with Gasteiger partial charge in [0.05, 0.1) is 17.3 Å². The van der Waals surface area contributed by atoms with E-state index in [1.807, 2.05) is 0 Å². The van der Waals surface area contributed by atoms with Crippen molar-refractivity contribution in [1.29, 1.82) is 0 Å². The molecule has 2 aromatic rings. The molecule has 1 amide bonds. The fourth-order valence-electron chi connectivity index (χ4n) is 2.03. The molecule has 0 fully saturated rings. The van der Waals surface area contributed by atoms with E-state index in [0.29, 0.717) is 47.6 Å². The summed E-state index contributed by atoms with van der Waals surface area (Å²) in [6, 6.07) is 12.0. The molecule has 0 aromatic heterocycles. The van der Waals surface area contributed by atoms with Gasteiger partial charge < -0.3 is 19.5 Å². The summed E-state index contributed by atoms with van der Waals surface area (Å²) >= 11 is 6.17. The van der Waals surface area contributed by atoms with Crippen LogP contribution in [0.2, 0.25) is 5.02 Å². The molecule has 25 heavy (non-hydrogen) atoms. The molecule has 132 valence electrons. The SMILES string of the molecule is C=CCOc1ccc(C(=O)Nc2cccc(Cl)c2OCCOC)cc1. The van der Waals surface area contributed by atoms with Gasteiger partial charge in [-0.1, -0.05) is 30.3 Å². The van der Waals surface area contributed by atoms with Crippen molar-refractivity contribution in [2.45, 2.75) is 0 Å². The zero-order valence-electron chi connectivity index (χ0n) is 14.0. The molecule has 6 heteroatoms. The number of nitrogens with one attached hydrogen (secondary N) is 1. The summed E-state index contributed by atoms with van der Waals surface area (Å²) in [5.74, 6) is 0.817. The van der Waals surface area contributed by atoms with Gasteiger partial charge in [-0.2, -0.15) is 0 Å². The molecule has 0 spiro atoms. The van der Waals surface area contributed by atoms with Gasteiger partial charge >= 0.3 is 0 Å². The first-order valence-electron chi connectivity index (χ1n) is 7.71. The van der Waals surface area contributed by atoms with E-state index in [9.17, 15) is 4.79 Å². The van der Waals surface area contributed by atoms with Crippen LogP contribution in [0.4, 0.5) is 5.69 Å². The Morgan fingerprint density at radius 1 is 1.16 bits per heavy atom. The van der Waals surface area contributed by atoms with Gasteiger partial charge in [0.15, 0.2) is 5.75 Å². The van der Waals surface area contributed by atoms with Gasteiger partial charge in [0.2, 0.25) is 0 Å². The topological polar surface area (TPSA) is 56.8 Å². The Hall–Kier alpha value is -2.50. The predicted molar refractivity (Wildman–Crippen MR) is 98.9 cm³/mol. The highest BCUT2D eigenvalue weighted by molar-refractivity contribution is 6.32. The fraction of sp³-hybridized carbons (Fsp3) is 0.211. The molecular weight excluding hydrogens is 342 g/mol. The Morgan fingerprint density at radius 2 is 1.92 bits per heavy atom. The number of anilines is 1. The van der Waals surface area contributed by atoms with E-state index >= 15 is 0 Å². The summed E-state index contributed by atoms with van der Waals surface area (Å²) in [4.78, 5) is 12.4. The summed E-state index contributed by atoms with van der Waals surface area (Å²) in [6.45, 7) is 4.76. The number of para-hydroxylation sites is 1. The molecule has 0 aliphatic carbocycles. The Labute approximate surface area is 152 Å². The summed E-state index contributed by atoms with van der Waals surface area (Å²) in [7, 11) is 1.58. The number of rotatable bonds is 9. The Bertz CT molecular complexity index is 716. The fourth-order valence-corrected chi connectivity index (χ4v) is 2.26. The predicted octanol–water partition coefficient (Wildman–Crippen LogP) is 4.18. The van der Waals surface area contributed by atoms with Crippen molar-refractivity contribution in [3.05, 3.63) is 65.7 Å². The second kappa shape index (κ2) is 9.71. The summed E-state index contributed by atoms with van der Waals surface area (Å²) < 4.78 is 16.0. The number of hydrogen-bond donors (Lipinski definition) is 1. The molecule has 0 saturated heterocycles. The molecular formula is C19H20ClNO4. The van der Waals surface area contributed by atoms with Crippen LogP contribution in [0.5, 0.6) is 11.5 Å². The molecule has 0 unspecified atom stereocenters. The van der Waals surface area contributed by atoms with Crippen LogP contribution in [0, 0.1) is 0 Å². The van der Waals surface area contributed by atoms with Crippen molar-refractivity contribution >= 4 is 23.2 Å². The molecule has 0 heterocycles. The summed E-state index contributed by atoms with van der Waals surface area (Å²) in [5.41, 5.74) is 0.995. The lowest BCUT2D eigenvalue weighted by Gasteiger charge is -2.14. The largest absolute Gasteiger partial charge is 0.490 e. The Kier molecular flexibility index (Phi) is 7.32. The lowest BCUT2D eigenvalue weighted by Crippen LogP contribution is -2.14. The Morgan fingerprint density at radius 3 is 2.60 bits per heavy atom. The van der Waals surface area contributed by atoms with Gasteiger partial charge in [0, 0.05) is 12.7 Å². The van der Waals surface area contributed by atoms with E-state index in [-0.39, 0.29) is 5.91 Å². The van der Waals surface area contributed by atoms with Crippen LogP contribution in [-0.2, 0) is 4.74 Å². The highest BCUT2D eigenvalue weighted by Crippen LogP contribution is 2.33. The smallest absolute Gasteiger partial charge is 0.255 e. The number of halogens is 1. The number of ether oxygens (including phenoxy) is 3. The number of hydrogen-bond acceptors (Lipinski definition) is 4. The second-order valence-electron chi connectivity index (χ2n) is 5.04. The molecule has 5 nitrogen and oxygen atoms in total. The molecule has 2 rings (SSSR count). The van der Waals surface area contributed by atoms with Crippen molar-refractivity contribution in [3.8, 4) is 11.5 Å². The normalized spacial score (nSPS) is 10.2. The number of carbonyl (C=O) groups excluding carboxylic acids is 1. The maximum Gasteiger partial charge on any atom is 0.255 e. The van der Waals surface area contributed by atoms with Gasteiger partial charge in [-0.25, -0.2) is 0 Å². The zero-order chi connectivity index (χ0) is 18.1. The monoisotopic (exact) mass is 361 g/mol. The van der Waals surface area contributed by atoms with Crippen LogP contribution in [0.1, 0.15) is 10.4 Å². The van der Waals surface area contributed by atoms with Crippen LogP contribution in [0.3, 0.4) is 0 Å². The van der Waals surface area contributed by atoms with E-state index in [4.69, 9.17) is 25.8 Å². The van der Waals surface area contributed by atoms with Gasteiger partial charge in [-0.05, 0) is 36.4 Å². The maximum atomic E-state index is 12.4. The highest BCUT2D eigenvalue weighted by atomic mass is 35.5. The minimum atomic E-state index is -0.269. The number of carbonyl (C=O) groups is 1. The maximum absolute atomic E-state index is 12.4. The quantitative estimate of drug-likeness (QED) is 0.537. The van der Waals surface area contributed by atoms with E-state index in [2.05, 4.69) is 11.9 Å². The minimum Gasteiger partial charge on any atom is -0.490 e. The number of benzene rings is 2. The average Bonchev–Trinajstić information content (AvgIpc) is 2.62. The van der Waals surface area contributed by atoms with Crippen LogP contribution in [0.25, 0.3) is 0 Å². The molecule has 2 aromatic carbocycles. The van der Waals surface area contributed by atoms with Crippen LogP contribution < -0.4 is 14.8 Å². The summed E-state index contributed by atoms with van der Waals surface area (Å²) in [6.07, 6.45) is 1.66. The molecule has 0 saturated carbocycles. The van der Waals surface area contributed by atoms with Gasteiger partial charge in [0.25, 0.3) is 5.91 Å². The number of methoxy groups -OCH3 is 1. The first-order valence-corrected chi connectivity index (χ1v) is 8.09. The van der Waals surface area contributed by atoms with Gasteiger partial charge in [-0.3, -0.25) is 4.79 Å². The van der Waals surface area contributed by atoms with Crippen LogP contribution in [0.15, 0.2) is 55.1 Å². The molecule has 1 N–H and O–H groups in total. The van der Waals surface area contributed by atoms with Crippen molar-refractivity contribution in [2.75, 3.05) is 32.2 Å². The third-order valence-electron chi connectivity index (χ3n) is 3.23. The molecule has 0 atom stereocenters. The van der Waals surface area contributed by atoms with E-state index in [1.54, 1.807) is 55.7 Å². The molecule has 0 aliphatic rings. The second-order valence-corrected chi connectivity index (χ2v) is 5.44. The van der Waals surface area contributed by atoms with Crippen molar-refractivity contribution in [2.24, 2.45) is 0 Å². The number of amides is 1. The van der Waals surface area contributed by atoms with E-state index in [1.165, 1.54) is 0 Å². The first-order chi connectivity index (χ1) is 12.2. The van der Waals surface area contributed by atoms with Gasteiger partial charge in [-0.15, -0.1) is 0 Å². The molecule has 0 radical (unpaired) electrons. The average molecular weight is 362 g/mol. The zero-order valence-corrected chi connectivity index (χ0v) is 14.7. The Balaban J connectivity index is 2.09. The van der Waals surface area contributed by atoms with E-state index in [0.717, 1.165) is 0 Å². The van der Waals surface area contributed by atoms with Crippen LogP contribution >= 0.6 is 11.6 Å².